The van der Waals surface area contributed by atoms with E-state index in [4.69, 9.17) is 11.6 Å². The van der Waals surface area contributed by atoms with Gasteiger partial charge in [0.1, 0.15) is 5.82 Å². The zero-order chi connectivity index (χ0) is 17.9. The van der Waals surface area contributed by atoms with E-state index in [0.717, 1.165) is 11.4 Å². The lowest BCUT2D eigenvalue weighted by Crippen LogP contribution is -2.36. The largest absolute Gasteiger partial charge is 0.353 e. The Balaban J connectivity index is 1.73. The fraction of sp³-hybridized carbons (Fsp3) is 0.412. The van der Waals surface area contributed by atoms with Crippen LogP contribution in [0, 0.1) is 0 Å². The maximum atomic E-state index is 11.8. The summed E-state index contributed by atoms with van der Waals surface area (Å²) >= 11 is 6.16. The van der Waals surface area contributed by atoms with Crippen LogP contribution in [0.4, 0.5) is 11.8 Å². The molecule has 1 aliphatic rings. The Morgan fingerprint density at radius 1 is 1.32 bits per heavy atom. The summed E-state index contributed by atoms with van der Waals surface area (Å²) in [5.41, 5.74) is 0.965. The number of benzene rings is 1. The fourth-order valence-corrected chi connectivity index (χ4v) is 4.97. The Morgan fingerprint density at radius 2 is 2.12 bits per heavy atom. The van der Waals surface area contributed by atoms with Gasteiger partial charge in [-0.15, -0.1) is 0 Å². The molecule has 134 valence electrons. The molecule has 1 unspecified atom stereocenters. The van der Waals surface area contributed by atoms with E-state index in [1.54, 1.807) is 6.20 Å². The van der Waals surface area contributed by atoms with Crippen LogP contribution < -0.4 is 10.2 Å². The monoisotopic (exact) mass is 380 g/mol. The van der Waals surface area contributed by atoms with Gasteiger partial charge in [0.05, 0.1) is 11.5 Å². The van der Waals surface area contributed by atoms with Crippen LogP contribution in [-0.2, 0) is 16.4 Å². The van der Waals surface area contributed by atoms with Crippen LogP contribution in [0.3, 0.4) is 0 Å². The van der Waals surface area contributed by atoms with Crippen molar-refractivity contribution in [3.8, 4) is 0 Å². The summed E-state index contributed by atoms with van der Waals surface area (Å²) < 4.78 is 23.5. The molecule has 0 radical (unpaired) electrons. The molecular formula is C17H21ClN4O2S. The molecule has 0 amide bonds. The summed E-state index contributed by atoms with van der Waals surface area (Å²) in [4.78, 5) is 10.8. The molecule has 1 aromatic carbocycles. The zero-order valence-corrected chi connectivity index (χ0v) is 15.6. The van der Waals surface area contributed by atoms with Gasteiger partial charge in [0.25, 0.3) is 0 Å². The fourth-order valence-electron chi connectivity index (χ4n) is 3.04. The highest BCUT2D eigenvalue weighted by Gasteiger charge is 2.32. The van der Waals surface area contributed by atoms with Crippen molar-refractivity contribution in [1.29, 1.82) is 0 Å². The maximum Gasteiger partial charge on any atom is 0.224 e. The Morgan fingerprint density at radius 3 is 2.80 bits per heavy atom. The van der Waals surface area contributed by atoms with Gasteiger partial charge in [0.15, 0.2) is 9.84 Å². The second-order valence-corrected chi connectivity index (χ2v) is 8.66. The third kappa shape index (κ3) is 4.41. The third-order valence-electron chi connectivity index (χ3n) is 4.32. The van der Waals surface area contributed by atoms with Gasteiger partial charge >= 0.3 is 0 Å². The standard InChI is InChI=1S/C17H21ClN4O2S/c1-2-22(14-8-10-25(23,24)12-14)16-7-9-19-17(21-16)20-11-13-5-3-4-6-15(13)18/h3-7,9,14H,2,8,10-12H2,1H3,(H,19,20,21). The summed E-state index contributed by atoms with van der Waals surface area (Å²) in [6.45, 7) is 3.22. The van der Waals surface area contributed by atoms with Crippen molar-refractivity contribution in [2.45, 2.75) is 25.9 Å². The number of rotatable bonds is 6. The van der Waals surface area contributed by atoms with Gasteiger partial charge in [0.2, 0.25) is 5.95 Å². The van der Waals surface area contributed by atoms with Gasteiger partial charge in [-0.3, -0.25) is 0 Å². The molecule has 0 saturated carbocycles. The molecule has 1 N–H and O–H groups in total. The molecule has 1 atom stereocenters. The van der Waals surface area contributed by atoms with E-state index in [2.05, 4.69) is 15.3 Å². The molecule has 1 saturated heterocycles. The molecule has 2 heterocycles. The quantitative estimate of drug-likeness (QED) is 0.830. The number of anilines is 2. The average Bonchev–Trinajstić information content (AvgIpc) is 2.95. The summed E-state index contributed by atoms with van der Waals surface area (Å²) in [6, 6.07) is 9.39. The van der Waals surface area contributed by atoms with Crippen LogP contribution in [0.15, 0.2) is 36.5 Å². The molecule has 25 heavy (non-hydrogen) atoms. The molecule has 0 bridgehead atoms. The van der Waals surface area contributed by atoms with Crippen LogP contribution in [-0.4, -0.2) is 42.5 Å². The van der Waals surface area contributed by atoms with Crippen molar-refractivity contribution in [3.05, 3.63) is 47.1 Å². The first-order valence-electron chi connectivity index (χ1n) is 8.26. The van der Waals surface area contributed by atoms with Gasteiger partial charge in [-0.1, -0.05) is 29.8 Å². The molecule has 1 aromatic heterocycles. The van der Waals surface area contributed by atoms with Gasteiger partial charge < -0.3 is 10.2 Å². The number of hydrogen-bond donors (Lipinski definition) is 1. The van der Waals surface area contributed by atoms with Crippen LogP contribution in [0.5, 0.6) is 0 Å². The lowest BCUT2D eigenvalue weighted by atomic mass is 10.2. The highest BCUT2D eigenvalue weighted by atomic mass is 35.5. The number of aromatic nitrogens is 2. The van der Waals surface area contributed by atoms with E-state index in [9.17, 15) is 8.42 Å². The normalized spacial score (nSPS) is 18.9. The summed E-state index contributed by atoms with van der Waals surface area (Å²) in [7, 11) is -2.94. The smallest absolute Gasteiger partial charge is 0.224 e. The highest BCUT2D eigenvalue weighted by Crippen LogP contribution is 2.23. The van der Waals surface area contributed by atoms with E-state index in [-0.39, 0.29) is 17.5 Å². The van der Waals surface area contributed by atoms with Crippen molar-refractivity contribution in [2.75, 3.05) is 28.3 Å². The molecule has 8 heteroatoms. The lowest BCUT2D eigenvalue weighted by molar-refractivity contribution is 0.599. The highest BCUT2D eigenvalue weighted by molar-refractivity contribution is 7.91. The molecule has 1 aliphatic heterocycles. The molecule has 3 rings (SSSR count). The Kier molecular flexibility index (Phi) is 5.44. The van der Waals surface area contributed by atoms with Crippen molar-refractivity contribution in [1.82, 2.24) is 9.97 Å². The predicted octanol–water partition coefficient (Wildman–Crippen LogP) is 2.76. The molecule has 2 aromatic rings. The minimum Gasteiger partial charge on any atom is -0.353 e. The van der Waals surface area contributed by atoms with Gasteiger partial charge in [-0.2, -0.15) is 4.98 Å². The van der Waals surface area contributed by atoms with Crippen LogP contribution in [0.1, 0.15) is 18.9 Å². The second kappa shape index (κ2) is 7.58. The number of nitrogens with zero attached hydrogens (tertiary/aromatic N) is 3. The average molecular weight is 381 g/mol. The van der Waals surface area contributed by atoms with Gasteiger partial charge in [0, 0.05) is 30.4 Å². The molecular weight excluding hydrogens is 360 g/mol. The molecule has 0 spiro atoms. The van der Waals surface area contributed by atoms with E-state index >= 15 is 0 Å². The Hall–Kier alpha value is -1.86. The topological polar surface area (TPSA) is 75.2 Å². The number of nitrogens with one attached hydrogen (secondary N) is 1. The zero-order valence-electron chi connectivity index (χ0n) is 14.0. The van der Waals surface area contributed by atoms with Crippen molar-refractivity contribution >= 4 is 33.2 Å². The number of hydrogen-bond acceptors (Lipinski definition) is 6. The van der Waals surface area contributed by atoms with Crippen LogP contribution in [0.2, 0.25) is 5.02 Å². The summed E-state index contributed by atoms with van der Waals surface area (Å²) in [5, 5.41) is 3.87. The maximum absolute atomic E-state index is 11.8. The first-order valence-corrected chi connectivity index (χ1v) is 10.5. The Labute approximate surface area is 153 Å². The minimum absolute atomic E-state index is 0.0266. The second-order valence-electron chi connectivity index (χ2n) is 6.03. The minimum atomic E-state index is -2.94. The van der Waals surface area contributed by atoms with Gasteiger partial charge in [-0.25, -0.2) is 13.4 Å². The van der Waals surface area contributed by atoms with Crippen molar-refractivity contribution in [2.24, 2.45) is 0 Å². The summed E-state index contributed by atoms with van der Waals surface area (Å²) in [5.74, 6) is 1.67. The van der Waals surface area contributed by atoms with Crippen molar-refractivity contribution < 1.29 is 8.42 Å². The first kappa shape index (κ1) is 17.9. The summed E-state index contributed by atoms with van der Waals surface area (Å²) in [6.07, 6.45) is 2.33. The van der Waals surface area contributed by atoms with Crippen LogP contribution >= 0.6 is 11.6 Å². The molecule has 0 aliphatic carbocycles. The van der Waals surface area contributed by atoms with Crippen LogP contribution in [0.25, 0.3) is 0 Å². The lowest BCUT2D eigenvalue weighted by Gasteiger charge is -2.28. The van der Waals surface area contributed by atoms with Crippen molar-refractivity contribution in [3.63, 3.8) is 0 Å². The molecule has 6 nitrogen and oxygen atoms in total. The van der Waals surface area contributed by atoms with E-state index < -0.39 is 9.84 Å². The Bertz CT molecular complexity index is 844. The predicted molar refractivity (Wildman–Crippen MR) is 101 cm³/mol. The SMILES string of the molecule is CCN(c1ccnc(NCc2ccccc2Cl)n1)C1CCS(=O)(=O)C1. The van der Waals surface area contributed by atoms with E-state index in [1.165, 1.54) is 0 Å². The number of halogens is 1. The van der Waals surface area contributed by atoms with E-state index in [0.29, 0.717) is 30.5 Å². The van der Waals surface area contributed by atoms with Gasteiger partial charge in [-0.05, 0) is 31.0 Å². The number of sulfone groups is 1. The third-order valence-corrected chi connectivity index (χ3v) is 6.44. The molecule has 1 fully saturated rings. The first-order chi connectivity index (χ1) is 12.0. The van der Waals surface area contributed by atoms with E-state index in [1.807, 2.05) is 42.2 Å².